The molecule has 0 aliphatic heterocycles. The molecule has 0 radical (unpaired) electrons. The van der Waals surface area contributed by atoms with Crippen molar-refractivity contribution >= 4 is 29.1 Å². The number of carbonyl (C=O) groups is 2. The van der Waals surface area contributed by atoms with Crippen LogP contribution in [0.4, 0.5) is 5.69 Å². The van der Waals surface area contributed by atoms with E-state index >= 15 is 0 Å². The normalized spacial score (nSPS) is 10.2. The lowest BCUT2D eigenvalue weighted by molar-refractivity contribution is -0.137. The number of amides is 1. The third-order valence-electron chi connectivity index (χ3n) is 2.66. The van der Waals surface area contributed by atoms with E-state index in [2.05, 4.69) is 9.59 Å². The summed E-state index contributed by atoms with van der Waals surface area (Å²) in [6.07, 6.45) is 1.83. The average Bonchev–Trinajstić information content (AvgIpc) is 2.98. The molecule has 1 amide bonds. The van der Waals surface area contributed by atoms with Crippen LogP contribution in [0.5, 0.6) is 0 Å². The highest BCUT2D eigenvalue weighted by Crippen LogP contribution is 2.18. The molecule has 1 aromatic heterocycles. The number of rotatable bonds is 6. The average molecular weight is 291 g/mol. The van der Waals surface area contributed by atoms with E-state index in [0.717, 1.165) is 17.2 Å². The molecule has 0 fully saturated rings. The summed E-state index contributed by atoms with van der Waals surface area (Å²) in [4.78, 5) is 25.0. The van der Waals surface area contributed by atoms with Crippen molar-refractivity contribution in [1.29, 1.82) is 0 Å². The molecule has 1 heterocycles. The number of carboxylic acids is 1. The molecule has 104 valence electrons. The number of carboxylic acid groups (broad SMARTS) is 1. The summed E-state index contributed by atoms with van der Waals surface area (Å²) in [6, 6.07) is 9.15. The number of hydrogen-bond acceptors (Lipinski definition) is 5. The maximum Gasteiger partial charge on any atom is 0.303 e. The Labute approximate surface area is 119 Å². The van der Waals surface area contributed by atoms with Crippen LogP contribution >= 0.6 is 11.5 Å². The van der Waals surface area contributed by atoms with Crippen LogP contribution < -0.4 is 4.90 Å². The Bertz CT molecular complexity index is 572. The van der Waals surface area contributed by atoms with E-state index in [9.17, 15) is 9.59 Å². The molecule has 0 spiro atoms. The Morgan fingerprint density at radius 1 is 1.25 bits per heavy atom. The molecule has 0 aliphatic rings. The molecule has 2 rings (SSSR count). The first-order valence-electron chi connectivity index (χ1n) is 6.04. The van der Waals surface area contributed by atoms with Crippen LogP contribution in [-0.4, -0.2) is 33.1 Å². The Morgan fingerprint density at radius 2 is 2.00 bits per heavy atom. The van der Waals surface area contributed by atoms with Gasteiger partial charge >= 0.3 is 5.97 Å². The Kier molecular flexibility index (Phi) is 4.78. The number of benzene rings is 1. The third kappa shape index (κ3) is 3.61. The van der Waals surface area contributed by atoms with Gasteiger partial charge in [-0.1, -0.05) is 22.7 Å². The van der Waals surface area contributed by atoms with Crippen LogP contribution in [0, 0.1) is 0 Å². The molecule has 0 aliphatic carbocycles. The minimum atomic E-state index is -0.870. The van der Waals surface area contributed by atoms with Crippen molar-refractivity contribution in [1.82, 2.24) is 9.59 Å². The summed E-state index contributed by atoms with van der Waals surface area (Å²) in [5.41, 5.74) is 0.733. The summed E-state index contributed by atoms with van der Waals surface area (Å²) in [7, 11) is 0. The van der Waals surface area contributed by atoms with Crippen molar-refractivity contribution < 1.29 is 14.7 Å². The SMILES string of the molecule is O=C(O)CCCN(C(=O)c1cnns1)c1ccccc1. The molecule has 0 bridgehead atoms. The van der Waals surface area contributed by atoms with Gasteiger partial charge in [0.2, 0.25) is 0 Å². The van der Waals surface area contributed by atoms with E-state index < -0.39 is 5.97 Å². The third-order valence-corrected chi connectivity index (χ3v) is 3.31. The lowest BCUT2D eigenvalue weighted by atomic mass is 10.2. The molecule has 2 aromatic rings. The van der Waals surface area contributed by atoms with Crippen LogP contribution in [0.15, 0.2) is 36.5 Å². The fraction of sp³-hybridized carbons (Fsp3) is 0.231. The molecule has 20 heavy (non-hydrogen) atoms. The number of para-hydroxylation sites is 1. The number of hydrogen-bond donors (Lipinski definition) is 1. The molecule has 0 saturated heterocycles. The van der Waals surface area contributed by atoms with Crippen LogP contribution in [0.1, 0.15) is 22.5 Å². The minimum absolute atomic E-state index is 0.0254. The number of nitrogens with zero attached hydrogens (tertiary/aromatic N) is 3. The van der Waals surface area contributed by atoms with Crippen molar-refractivity contribution in [2.45, 2.75) is 12.8 Å². The van der Waals surface area contributed by atoms with Crippen molar-refractivity contribution in [3.8, 4) is 0 Å². The molecule has 0 unspecified atom stereocenters. The molecule has 6 nitrogen and oxygen atoms in total. The topological polar surface area (TPSA) is 83.4 Å². The molecule has 7 heteroatoms. The smallest absolute Gasteiger partial charge is 0.303 e. The van der Waals surface area contributed by atoms with Gasteiger partial charge in [-0.25, -0.2) is 0 Å². The minimum Gasteiger partial charge on any atom is -0.481 e. The maximum atomic E-state index is 12.4. The summed E-state index contributed by atoms with van der Waals surface area (Å²) in [5.74, 6) is -1.08. The highest BCUT2D eigenvalue weighted by molar-refractivity contribution is 7.07. The zero-order valence-corrected chi connectivity index (χ0v) is 11.4. The fourth-order valence-corrected chi connectivity index (χ4v) is 2.20. The van der Waals surface area contributed by atoms with Gasteiger partial charge < -0.3 is 10.0 Å². The first-order chi connectivity index (χ1) is 9.68. The molecule has 1 aromatic carbocycles. The first kappa shape index (κ1) is 14.1. The van der Waals surface area contributed by atoms with Gasteiger partial charge in [0.1, 0.15) is 4.88 Å². The Hall–Kier alpha value is -2.28. The van der Waals surface area contributed by atoms with Crippen molar-refractivity contribution in [3.05, 3.63) is 41.4 Å². The standard InChI is InChI=1S/C13H13N3O3S/c17-12(18)7-4-8-16(10-5-2-1-3-6-10)13(19)11-9-14-15-20-11/h1-3,5-6,9H,4,7-8H2,(H,17,18). The van der Waals surface area contributed by atoms with E-state index in [4.69, 9.17) is 5.11 Å². The van der Waals surface area contributed by atoms with E-state index in [1.165, 1.54) is 6.20 Å². The second kappa shape index (κ2) is 6.76. The predicted octanol–water partition coefficient (Wildman–Crippen LogP) is 2.05. The van der Waals surface area contributed by atoms with Crippen LogP contribution in [0.25, 0.3) is 0 Å². The first-order valence-corrected chi connectivity index (χ1v) is 6.82. The Morgan fingerprint density at radius 3 is 2.60 bits per heavy atom. The highest BCUT2D eigenvalue weighted by atomic mass is 32.1. The van der Waals surface area contributed by atoms with Crippen molar-refractivity contribution in [3.63, 3.8) is 0 Å². The molecule has 1 N–H and O–H groups in total. The maximum absolute atomic E-state index is 12.4. The monoisotopic (exact) mass is 291 g/mol. The molecule has 0 saturated carbocycles. The number of aliphatic carboxylic acids is 1. The zero-order chi connectivity index (χ0) is 14.4. The molecule has 0 atom stereocenters. The van der Waals surface area contributed by atoms with Gasteiger partial charge in [-0.3, -0.25) is 9.59 Å². The fourth-order valence-electron chi connectivity index (χ4n) is 1.74. The second-order valence-corrected chi connectivity index (χ2v) is 4.86. The number of anilines is 1. The van der Waals surface area contributed by atoms with Gasteiger partial charge in [-0.15, -0.1) is 5.10 Å². The van der Waals surface area contributed by atoms with Gasteiger partial charge in [-0.2, -0.15) is 0 Å². The van der Waals surface area contributed by atoms with Gasteiger partial charge in [0.05, 0.1) is 6.20 Å². The largest absolute Gasteiger partial charge is 0.481 e. The van der Waals surface area contributed by atoms with Crippen LogP contribution in [0.3, 0.4) is 0 Å². The Balaban J connectivity index is 2.16. The zero-order valence-electron chi connectivity index (χ0n) is 10.6. The van der Waals surface area contributed by atoms with Gasteiger partial charge in [0.15, 0.2) is 0 Å². The van der Waals surface area contributed by atoms with E-state index in [1.807, 2.05) is 30.3 Å². The highest BCUT2D eigenvalue weighted by Gasteiger charge is 2.19. The van der Waals surface area contributed by atoms with Crippen LogP contribution in [-0.2, 0) is 4.79 Å². The van der Waals surface area contributed by atoms with E-state index in [0.29, 0.717) is 17.8 Å². The van der Waals surface area contributed by atoms with E-state index in [1.54, 1.807) is 4.90 Å². The molecular formula is C13H13N3O3S. The molecular weight excluding hydrogens is 278 g/mol. The number of carbonyl (C=O) groups excluding carboxylic acids is 1. The van der Waals surface area contributed by atoms with Gasteiger partial charge in [0, 0.05) is 18.7 Å². The van der Waals surface area contributed by atoms with Crippen molar-refractivity contribution in [2.75, 3.05) is 11.4 Å². The van der Waals surface area contributed by atoms with Gasteiger partial charge in [0.25, 0.3) is 5.91 Å². The summed E-state index contributed by atoms with van der Waals surface area (Å²) in [5, 5.41) is 12.4. The second-order valence-electron chi connectivity index (χ2n) is 4.07. The summed E-state index contributed by atoms with van der Waals surface area (Å²) in [6.45, 7) is 0.340. The lowest BCUT2D eigenvalue weighted by Gasteiger charge is -2.21. The lowest BCUT2D eigenvalue weighted by Crippen LogP contribution is -2.31. The number of aromatic nitrogens is 2. The van der Waals surface area contributed by atoms with E-state index in [-0.39, 0.29) is 12.3 Å². The predicted molar refractivity (Wildman–Crippen MR) is 74.9 cm³/mol. The quantitative estimate of drug-likeness (QED) is 0.880. The van der Waals surface area contributed by atoms with Crippen LogP contribution in [0.2, 0.25) is 0 Å². The van der Waals surface area contributed by atoms with Gasteiger partial charge in [-0.05, 0) is 30.1 Å². The summed E-state index contributed by atoms with van der Waals surface area (Å²) >= 11 is 1.03. The summed E-state index contributed by atoms with van der Waals surface area (Å²) < 4.78 is 3.68. The van der Waals surface area contributed by atoms with Crippen molar-refractivity contribution in [2.24, 2.45) is 0 Å².